The van der Waals surface area contributed by atoms with Gasteiger partial charge in [0.25, 0.3) is 0 Å². The van der Waals surface area contributed by atoms with Crippen LogP contribution < -0.4 is 0 Å². The number of rotatable bonds is 7. The summed E-state index contributed by atoms with van der Waals surface area (Å²) in [6.07, 6.45) is -7.35. The summed E-state index contributed by atoms with van der Waals surface area (Å²) in [5.41, 5.74) is 0. The third kappa shape index (κ3) is 3.47. The molecule has 1 unspecified atom stereocenters. The lowest BCUT2D eigenvalue weighted by Gasteiger charge is -2.21. The molecule has 5 N–H and O–H groups in total. The maximum absolute atomic E-state index is 11.2. The molecule has 0 aliphatic carbocycles. The minimum Gasteiger partial charge on any atom is -0.394 e. The Morgan fingerprint density at radius 3 is 2.06 bits per heavy atom. The maximum Gasteiger partial charge on any atom is 0.200 e. The van der Waals surface area contributed by atoms with Crippen LogP contribution in [0.4, 0.5) is 0 Å². The van der Waals surface area contributed by atoms with E-state index in [1.807, 2.05) is 0 Å². The molecule has 0 fully saturated rings. The van der Waals surface area contributed by atoms with Crippen LogP contribution in [0.15, 0.2) is 12.7 Å². The van der Waals surface area contributed by atoms with Gasteiger partial charge in [0.2, 0.25) is 0 Å². The van der Waals surface area contributed by atoms with Crippen molar-refractivity contribution in [3.63, 3.8) is 0 Å². The van der Waals surface area contributed by atoms with Crippen molar-refractivity contribution in [2.75, 3.05) is 6.61 Å². The molecule has 0 heterocycles. The third-order valence-electron chi connectivity index (χ3n) is 1.94. The highest BCUT2D eigenvalue weighted by Crippen LogP contribution is 2.05. The highest BCUT2D eigenvalue weighted by Gasteiger charge is 2.35. The highest BCUT2D eigenvalue weighted by molar-refractivity contribution is 6.11. The minimum absolute atomic E-state index is 0.685. The Hall–Kier alpha value is -1.12. The van der Waals surface area contributed by atoms with Crippen LogP contribution in [0.3, 0.4) is 0 Å². The number of aliphatic hydroxyl groups is 5. The van der Waals surface area contributed by atoms with E-state index in [1.165, 1.54) is 0 Å². The zero-order chi connectivity index (χ0) is 12.9. The summed E-state index contributed by atoms with van der Waals surface area (Å²) < 4.78 is 0. The van der Waals surface area contributed by atoms with Gasteiger partial charge in [0, 0.05) is 0 Å². The first-order valence-electron chi connectivity index (χ1n) is 4.40. The van der Waals surface area contributed by atoms with E-state index in [4.69, 9.17) is 20.4 Å². The van der Waals surface area contributed by atoms with E-state index in [-0.39, 0.29) is 0 Å². The largest absolute Gasteiger partial charge is 0.394 e. The fraction of sp³-hybridized carbons (Fsp3) is 0.556. The monoisotopic (exact) mass is 234 g/mol. The number of aliphatic hydroxyl groups excluding tert-OH is 5. The molecule has 0 saturated heterocycles. The summed E-state index contributed by atoms with van der Waals surface area (Å²) in [7, 11) is 0. The minimum atomic E-state index is -2.17. The lowest BCUT2D eigenvalue weighted by Crippen LogP contribution is -2.48. The normalized spacial score (nSPS) is 18.3. The zero-order valence-corrected chi connectivity index (χ0v) is 8.35. The second-order valence-corrected chi connectivity index (χ2v) is 3.10. The van der Waals surface area contributed by atoms with Crippen molar-refractivity contribution < 1.29 is 35.1 Å². The molecule has 92 valence electrons. The first-order valence-corrected chi connectivity index (χ1v) is 4.40. The van der Waals surface area contributed by atoms with E-state index in [2.05, 4.69) is 6.58 Å². The van der Waals surface area contributed by atoms with Gasteiger partial charge in [-0.25, -0.2) is 0 Å². The summed E-state index contributed by atoms with van der Waals surface area (Å²) in [6.45, 7) is 2.15. The van der Waals surface area contributed by atoms with Gasteiger partial charge in [0.05, 0.1) is 6.61 Å². The molecule has 7 heteroatoms. The summed E-state index contributed by atoms with van der Waals surface area (Å²) in [6, 6.07) is 0. The predicted molar refractivity (Wildman–Crippen MR) is 51.3 cm³/mol. The molecule has 0 amide bonds. The number of carbonyl (C=O) groups is 2. The molecule has 0 aromatic rings. The zero-order valence-electron chi connectivity index (χ0n) is 8.35. The van der Waals surface area contributed by atoms with Gasteiger partial charge in [-0.2, -0.15) is 0 Å². The number of ketones is 2. The third-order valence-corrected chi connectivity index (χ3v) is 1.94. The fourth-order valence-electron chi connectivity index (χ4n) is 0.900. The maximum atomic E-state index is 11.2. The van der Waals surface area contributed by atoms with Crippen molar-refractivity contribution in [3.8, 4) is 0 Å². The van der Waals surface area contributed by atoms with Crippen molar-refractivity contribution in [1.82, 2.24) is 0 Å². The average molecular weight is 234 g/mol. The van der Waals surface area contributed by atoms with Gasteiger partial charge in [0.1, 0.15) is 18.3 Å². The molecule has 16 heavy (non-hydrogen) atoms. The molecule has 0 aliphatic rings. The van der Waals surface area contributed by atoms with Gasteiger partial charge >= 0.3 is 0 Å². The van der Waals surface area contributed by atoms with Crippen LogP contribution in [0.5, 0.6) is 0 Å². The van der Waals surface area contributed by atoms with E-state index >= 15 is 0 Å². The lowest BCUT2D eigenvalue weighted by molar-refractivity contribution is -0.151. The van der Waals surface area contributed by atoms with Crippen molar-refractivity contribution in [2.24, 2.45) is 0 Å². The van der Waals surface area contributed by atoms with Crippen LogP contribution in [0, 0.1) is 0 Å². The van der Waals surface area contributed by atoms with E-state index in [0.717, 1.165) is 0 Å². The second kappa shape index (κ2) is 6.46. The Morgan fingerprint density at radius 1 is 1.19 bits per heavy atom. The van der Waals surface area contributed by atoms with Gasteiger partial charge in [0.15, 0.2) is 17.7 Å². The molecule has 0 aliphatic heterocycles. The van der Waals surface area contributed by atoms with Crippen LogP contribution in [-0.4, -0.2) is 68.1 Å². The number of hydrogen-bond acceptors (Lipinski definition) is 7. The van der Waals surface area contributed by atoms with Crippen LogP contribution >= 0.6 is 0 Å². The van der Waals surface area contributed by atoms with Crippen LogP contribution in [0.2, 0.25) is 0 Å². The smallest absolute Gasteiger partial charge is 0.200 e. The Kier molecular flexibility index (Phi) is 6.01. The van der Waals surface area contributed by atoms with Gasteiger partial charge in [-0.3, -0.25) is 9.59 Å². The van der Waals surface area contributed by atoms with Gasteiger partial charge in [-0.1, -0.05) is 6.58 Å². The molecule has 7 nitrogen and oxygen atoms in total. The topological polar surface area (TPSA) is 135 Å². The molecule has 0 rings (SSSR count). The lowest BCUT2D eigenvalue weighted by atomic mass is 9.99. The molecule has 0 saturated carbocycles. The van der Waals surface area contributed by atoms with E-state index in [1.54, 1.807) is 0 Å². The summed E-state index contributed by atoms with van der Waals surface area (Å²) in [4.78, 5) is 22.0. The summed E-state index contributed by atoms with van der Waals surface area (Å²) in [5.74, 6) is -2.40. The van der Waals surface area contributed by atoms with E-state index < -0.39 is 42.6 Å². The van der Waals surface area contributed by atoms with Crippen molar-refractivity contribution in [1.29, 1.82) is 0 Å². The standard InChI is InChI=1S/C9H14O7/c1-2-4(11)6(13)8(15)9(16)7(14)5(12)3-10/h2,5-7,9-10,12-14,16H,1,3H2/t5-,6?,7+,9-/m1/s1. The fourth-order valence-corrected chi connectivity index (χ4v) is 0.900. The van der Waals surface area contributed by atoms with Crippen molar-refractivity contribution >= 4 is 11.6 Å². The summed E-state index contributed by atoms with van der Waals surface area (Å²) >= 11 is 0. The molecule has 0 aromatic carbocycles. The second-order valence-electron chi connectivity index (χ2n) is 3.10. The molecular weight excluding hydrogens is 220 g/mol. The number of carbonyl (C=O) groups excluding carboxylic acids is 2. The predicted octanol–water partition coefficient (Wildman–Crippen LogP) is -3.25. The van der Waals surface area contributed by atoms with Crippen LogP contribution in [-0.2, 0) is 9.59 Å². The molecular formula is C9H14O7. The molecule has 0 spiro atoms. The molecule has 4 atom stereocenters. The van der Waals surface area contributed by atoms with Gasteiger partial charge in [-0.05, 0) is 6.08 Å². The Labute approximate surface area is 91.3 Å². The number of Topliss-reactive ketones (excluding diaryl/α,β-unsaturated/α-hetero) is 1. The Morgan fingerprint density at radius 2 is 1.69 bits per heavy atom. The van der Waals surface area contributed by atoms with Crippen LogP contribution in [0.25, 0.3) is 0 Å². The van der Waals surface area contributed by atoms with Gasteiger partial charge < -0.3 is 25.5 Å². The average Bonchev–Trinajstić information content (AvgIpc) is 2.32. The van der Waals surface area contributed by atoms with Crippen molar-refractivity contribution in [2.45, 2.75) is 24.4 Å². The summed E-state index contributed by atoms with van der Waals surface area (Å²) in [5, 5.41) is 44.8. The number of hydrogen-bond donors (Lipinski definition) is 5. The van der Waals surface area contributed by atoms with Crippen molar-refractivity contribution in [3.05, 3.63) is 12.7 Å². The first kappa shape index (κ1) is 14.9. The SMILES string of the molecule is C=CC(=O)C(O)C(=O)[C@H](O)[C@@H](O)[C@H](O)CO. The van der Waals surface area contributed by atoms with E-state index in [9.17, 15) is 14.7 Å². The first-order chi connectivity index (χ1) is 7.36. The Bertz CT molecular complexity index is 275. The molecule has 0 radical (unpaired) electrons. The quantitative estimate of drug-likeness (QED) is 0.230. The highest BCUT2D eigenvalue weighted by atomic mass is 16.4. The van der Waals surface area contributed by atoms with Gasteiger partial charge in [-0.15, -0.1) is 0 Å². The van der Waals surface area contributed by atoms with Crippen LogP contribution in [0.1, 0.15) is 0 Å². The molecule has 0 bridgehead atoms. The van der Waals surface area contributed by atoms with E-state index in [0.29, 0.717) is 6.08 Å². The molecule has 0 aromatic heterocycles. The Balaban J connectivity index is 4.60.